The molecule has 0 aromatic heterocycles. The molecule has 0 saturated heterocycles. The van der Waals surface area contributed by atoms with Crippen molar-refractivity contribution < 1.29 is 9.53 Å². The third kappa shape index (κ3) is 5.05. The number of carbonyl (C=O) groups excluding carboxylic acids is 1. The smallest absolute Gasteiger partial charge is 0.237 e. The van der Waals surface area contributed by atoms with Crippen molar-refractivity contribution in [2.45, 2.75) is 51.1 Å². The van der Waals surface area contributed by atoms with E-state index in [0.717, 1.165) is 17.7 Å². The monoisotopic (exact) mass is 290 g/mol. The van der Waals surface area contributed by atoms with Gasteiger partial charge in [-0.3, -0.25) is 4.79 Å². The van der Waals surface area contributed by atoms with Gasteiger partial charge in [-0.05, 0) is 30.0 Å². The first-order chi connectivity index (χ1) is 10.2. The quantitative estimate of drug-likeness (QED) is 0.846. The van der Waals surface area contributed by atoms with E-state index in [1.165, 1.54) is 32.1 Å². The van der Waals surface area contributed by atoms with E-state index in [-0.39, 0.29) is 11.9 Å². The predicted molar refractivity (Wildman–Crippen MR) is 84.0 cm³/mol. The molecule has 1 aliphatic carbocycles. The minimum atomic E-state index is -0.383. The average molecular weight is 290 g/mol. The lowest BCUT2D eigenvalue weighted by Gasteiger charge is -2.24. The molecule has 1 atom stereocenters. The van der Waals surface area contributed by atoms with Crippen molar-refractivity contribution >= 4 is 5.91 Å². The summed E-state index contributed by atoms with van der Waals surface area (Å²) in [7, 11) is 1.64. The molecule has 1 amide bonds. The fourth-order valence-electron chi connectivity index (χ4n) is 2.95. The first-order valence-electron chi connectivity index (χ1n) is 7.85. The Kier molecular flexibility index (Phi) is 6.05. The van der Waals surface area contributed by atoms with Crippen LogP contribution in [0.5, 0.6) is 5.75 Å². The Bertz CT molecular complexity index is 439. The lowest BCUT2D eigenvalue weighted by Crippen LogP contribution is -2.41. The van der Waals surface area contributed by atoms with E-state index in [2.05, 4.69) is 5.32 Å². The summed E-state index contributed by atoms with van der Waals surface area (Å²) in [6.07, 6.45) is 7.15. The lowest BCUT2D eigenvalue weighted by atomic mass is 9.85. The Balaban J connectivity index is 1.74. The second-order valence-corrected chi connectivity index (χ2v) is 5.91. The maximum Gasteiger partial charge on any atom is 0.237 e. The molecule has 1 unspecified atom stereocenters. The summed E-state index contributed by atoms with van der Waals surface area (Å²) in [4.78, 5) is 12.1. The number of nitrogens with two attached hydrogens (primary N) is 1. The van der Waals surface area contributed by atoms with Crippen LogP contribution in [0, 0.1) is 5.92 Å². The number of nitrogens with one attached hydrogen (secondary N) is 1. The Morgan fingerprint density at radius 2 is 1.95 bits per heavy atom. The molecule has 1 aromatic carbocycles. The molecule has 2 rings (SSSR count). The summed E-state index contributed by atoms with van der Waals surface area (Å²) in [6, 6.07) is 7.30. The summed E-state index contributed by atoms with van der Waals surface area (Å²) < 4.78 is 5.11. The van der Waals surface area contributed by atoms with Crippen molar-refractivity contribution in [2.75, 3.05) is 7.11 Å². The minimum absolute atomic E-state index is 0.0450. The normalized spacial score (nSPS) is 17.2. The third-order valence-corrected chi connectivity index (χ3v) is 4.27. The Morgan fingerprint density at radius 3 is 2.57 bits per heavy atom. The largest absolute Gasteiger partial charge is 0.497 e. The van der Waals surface area contributed by atoms with Crippen LogP contribution in [0.15, 0.2) is 24.3 Å². The number of methoxy groups -OCH3 is 1. The van der Waals surface area contributed by atoms with Gasteiger partial charge in [-0.2, -0.15) is 0 Å². The zero-order valence-electron chi connectivity index (χ0n) is 12.8. The van der Waals surface area contributed by atoms with E-state index < -0.39 is 0 Å². The Labute approximate surface area is 127 Å². The van der Waals surface area contributed by atoms with Crippen molar-refractivity contribution in [2.24, 2.45) is 11.7 Å². The molecule has 3 N–H and O–H groups in total. The minimum Gasteiger partial charge on any atom is -0.497 e. The van der Waals surface area contributed by atoms with Gasteiger partial charge in [-0.1, -0.05) is 44.2 Å². The highest BCUT2D eigenvalue weighted by Gasteiger charge is 2.20. The van der Waals surface area contributed by atoms with Gasteiger partial charge in [0.2, 0.25) is 5.91 Å². The van der Waals surface area contributed by atoms with Crippen LogP contribution in [0.1, 0.15) is 44.1 Å². The van der Waals surface area contributed by atoms with E-state index >= 15 is 0 Å². The van der Waals surface area contributed by atoms with Crippen molar-refractivity contribution in [3.05, 3.63) is 29.8 Å². The molecule has 0 heterocycles. The average Bonchev–Trinajstić information content (AvgIpc) is 2.54. The number of hydrogen-bond donors (Lipinski definition) is 2. The van der Waals surface area contributed by atoms with Gasteiger partial charge in [0.05, 0.1) is 13.2 Å². The molecule has 0 aliphatic heterocycles. The van der Waals surface area contributed by atoms with Crippen LogP contribution in [-0.2, 0) is 11.3 Å². The first-order valence-corrected chi connectivity index (χ1v) is 7.85. The van der Waals surface area contributed by atoms with Gasteiger partial charge in [0.25, 0.3) is 0 Å². The van der Waals surface area contributed by atoms with Gasteiger partial charge in [0.1, 0.15) is 5.75 Å². The van der Waals surface area contributed by atoms with Crippen LogP contribution in [0.4, 0.5) is 0 Å². The van der Waals surface area contributed by atoms with Crippen molar-refractivity contribution in [1.29, 1.82) is 0 Å². The van der Waals surface area contributed by atoms with Crippen LogP contribution in [0.3, 0.4) is 0 Å². The topological polar surface area (TPSA) is 64.3 Å². The van der Waals surface area contributed by atoms with Crippen LogP contribution in [0.2, 0.25) is 0 Å². The molecule has 1 saturated carbocycles. The number of ether oxygens (including phenoxy) is 1. The highest BCUT2D eigenvalue weighted by Crippen LogP contribution is 2.26. The van der Waals surface area contributed by atoms with E-state index in [9.17, 15) is 4.79 Å². The molecule has 1 fully saturated rings. The van der Waals surface area contributed by atoms with Gasteiger partial charge in [-0.25, -0.2) is 0 Å². The molecule has 1 aliphatic rings. The molecule has 0 spiro atoms. The first kappa shape index (κ1) is 15.8. The Hall–Kier alpha value is -1.55. The zero-order valence-corrected chi connectivity index (χ0v) is 12.8. The fourth-order valence-corrected chi connectivity index (χ4v) is 2.95. The third-order valence-electron chi connectivity index (χ3n) is 4.27. The summed E-state index contributed by atoms with van der Waals surface area (Å²) in [6.45, 7) is 0.515. The number of rotatable bonds is 6. The molecule has 21 heavy (non-hydrogen) atoms. The highest BCUT2D eigenvalue weighted by atomic mass is 16.5. The van der Waals surface area contributed by atoms with Crippen molar-refractivity contribution in [3.63, 3.8) is 0 Å². The highest BCUT2D eigenvalue weighted by molar-refractivity contribution is 5.81. The lowest BCUT2D eigenvalue weighted by molar-refractivity contribution is -0.122. The summed E-state index contributed by atoms with van der Waals surface area (Å²) in [5, 5.41) is 2.92. The van der Waals surface area contributed by atoms with Crippen LogP contribution in [-0.4, -0.2) is 19.1 Å². The van der Waals surface area contributed by atoms with E-state index in [1.54, 1.807) is 7.11 Å². The fraction of sp³-hybridized carbons (Fsp3) is 0.588. The standard InChI is InChI=1S/C17H26N2O2/c1-21-15-9-7-14(8-10-15)12-19-17(20)16(18)11-13-5-3-2-4-6-13/h7-10,13,16H,2-6,11-12,18H2,1H3,(H,19,20). The molecule has 4 nitrogen and oxygen atoms in total. The van der Waals surface area contributed by atoms with Crippen LogP contribution < -0.4 is 15.8 Å². The second kappa shape index (κ2) is 8.03. The van der Waals surface area contributed by atoms with Gasteiger partial charge >= 0.3 is 0 Å². The molecule has 0 radical (unpaired) electrons. The summed E-state index contributed by atoms with van der Waals surface area (Å²) in [5.41, 5.74) is 7.08. The maximum atomic E-state index is 12.1. The predicted octanol–water partition coefficient (Wildman–Crippen LogP) is 2.61. The van der Waals surface area contributed by atoms with Crippen molar-refractivity contribution in [1.82, 2.24) is 5.32 Å². The number of benzene rings is 1. The van der Waals surface area contributed by atoms with E-state index in [4.69, 9.17) is 10.5 Å². The number of amides is 1. The van der Waals surface area contributed by atoms with E-state index in [1.807, 2.05) is 24.3 Å². The molecule has 1 aromatic rings. The van der Waals surface area contributed by atoms with Gasteiger partial charge in [-0.15, -0.1) is 0 Å². The number of carbonyl (C=O) groups is 1. The van der Waals surface area contributed by atoms with Crippen LogP contribution in [0.25, 0.3) is 0 Å². The SMILES string of the molecule is COc1ccc(CNC(=O)C(N)CC2CCCCC2)cc1. The second-order valence-electron chi connectivity index (χ2n) is 5.91. The molecular weight excluding hydrogens is 264 g/mol. The van der Waals surface area contributed by atoms with Crippen molar-refractivity contribution in [3.8, 4) is 5.75 Å². The number of hydrogen-bond acceptors (Lipinski definition) is 3. The molecule has 0 bridgehead atoms. The molecule has 116 valence electrons. The summed E-state index contributed by atoms with van der Waals surface area (Å²) >= 11 is 0. The zero-order chi connectivity index (χ0) is 15.1. The van der Waals surface area contributed by atoms with E-state index in [0.29, 0.717) is 12.5 Å². The van der Waals surface area contributed by atoms with Gasteiger partial charge < -0.3 is 15.8 Å². The van der Waals surface area contributed by atoms with Crippen LogP contribution >= 0.6 is 0 Å². The molecule has 4 heteroatoms. The maximum absolute atomic E-state index is 12.1. The Morgan fingerprint density at radius 1 is 1.29 bits per heavy atom. The van der Waals surface area contributed by atoms with Gasteiger partial charge in [0, 0.05) is 6.54 Å². The van der Waals surface area contributed by atoms with Gasteiger partial charge in [0.15, 0.2) is 0 Å². The summed E-state index contributed by atoms with van der Waals surface area (Å²) in [5.74, 6) is 1.40. The molecular formula is C17H26N2O2.